The Kier molecular flexibility index (Phi) is 7.61. The molecule has 240 valence electrons. The maximum absolute atomic E-state index is 14.2. The molecule has 6 rings (SSSR count). The van der Waals surface area contributed by atoms with Crippen LogP contribution in [0.2, 0.25) is 0 Å². The number of rotatable bonds is 5. The van der Waals surface area contributed by atoms with E-state index in [1.54, 1.807) is 7.11 Å². The Morgan fingerprint density at radius 3 is 2.27 bits per heavy atom. The van der Waals surface area contributed by atoms with Crippen LogP contribution in [0.4, 0.5) is 0 Å². The van der Waals surface area contributed by atoms with Gasteiger partial charge in [0.1, 0.15) is 5.75 Å². The molecule has 0 bridgehead atoms. The first-order chi connectivity index (χ1) is 20.7. The SMILES string of the molecule is C=C(C)C1CCC2(C(=O)OC)CCC3(C)C(CCC4C5(C)CC(=Cc6ccc(OCC)cc6)C(=O)C(C)(C)C5CCC43C)C12. The second-order valence-electron chi connectivity index (χ2n) is 16.7. The zero-order chi connectivity index (χ0) is 31.9. The molecule has 0 amide bonds. The Bertz CT molecular complexity index is 1370. The molecule has 1 aromatic rings. The van der Waals surface area contributed by atoms with Crippen molar-refractivity contribution in [2.45, 2.75) is 106 Å². The summed E-state index contributed by atoms with van der Waals surface area (Å²) in [6, 6.07) is 8.19. The van der Waals surface area contributed by atoms with Crippen molar-refractivity contribution in [2.75, 3.05) is 13.7 Å². The van der Waals surface area contributed by atoms with Crippen LogP contribution in [0.1, 0.15) is 112 Å². The molecule has 4 heteroatoms. The van der Waals surface area contributed by atoms with E-state index in [-0.39, 0.29) is 27.6 Å². The predicted octanol–water partition coefficient (Wildman–Crippen LogP) is 9.48. The quantitative estimate of drug-likeness (QED) is 0.192. The molecule has 0 heterocycles. The average molecular weight is 601 g/mol. The number of Topliss-reactive ketones (excluding diaryl/α,β-unsaturated/α-hetero) is 1. The van der Waals surface area contributed by atoms with Crippen molar-refractivity contribution in [3.63, 3.8) is 0 Å². The fraction of sp³-hybridized carbons (Fsp3) is 0.700. The number of carbonyl (C=O) groups excluding carboxylic acids is 2. The molecular formula is C40H56O4. The lowest BCUT2D eigenvalue weighted by molar-refractivity contribution is -0.232. The fourth-order valence-corrected chi connectivity index (χ4v) is 12.7. The summed E-state index contributed by atoms with van der Waals surface area (Å²) in [5.41, 5.74) is 2.86. The van der Waals surface area contributed by atoms with Gasteiger partial charge in [-0.2, -0.15) is 0 Å². The molecule has 5 aliphatic carbocycles. The number of allylic oxidation sites excluding steroid dienone is 2. The normalized spacial score (nSPS) is 43.3. The van der Waals surface area contributed by atoms with Crippen LogP contribution in [0.25, 0.3) is 6.08 Å². The molecule has 0 N–H and O–H groups in total. The third-order valence-corrected chi connectivity index (χ3v) is 14.8. The van der Waals surface area contributed by atoms with E-state index in [0.717, 1.165) is 68.3 Å². The van der Waals surface area contributed by atoms with Crippen LogP contribution in [-0.4, -0.2) is 25.5 Å². The number of hydrogen-bond donors (Lipinski definition) is 0. The number of carbonyl (C=O) groups is 2. The van der Waals surface area contributed by atoms with Gasteiger partial charge in [-0.05, 0) is 147 Å². The summed E-state index contributed by atoms with van der Waals surface area (Å²) in [6.45, 7) is 21.5. The van der Waals surface area contributed by atoms with Crippen LogP contribution >= 0.6 is 0 Å². The van der Waals surface area contributed by atoms with Crippen LogP contribution in [0.5, 0.6) is 5.75 Å². The first-order valence-corrected chi connectivity index (χ1v) is 17.4. The van der Waals surface area contributed by atoms with Crippen molar-refractivity contribution >= 4 is 17.8 Å². The summed E-state index contributed by atoms with van der Waals surface area (Å²) in [6.07, 6.45) is 11.6. The lowest BCUT2D eigenvalue weighted by Gasteiger charge is -2.72. The van der Waals surface area contributed by atoms with Gasteiger partial charge in [0.05, 0.1) is 19.1 Å². The first kappa shape index (κ1) is 31.6. The monoisotopic (exact) mass is 600 g/mol. The number of ketones is 1. The lowest BCUT2D eigenvalue weighted by Crippen LogP contribution is -2.67. The van der Waals surface area contributed by atoms with E-state index in [9.17, 15) is 9.59 Å². The van der Waals surface area contributed by atoms with Crippen molar-refractivity contribution in [1.82, 2.24) is 0 Å². The highest BCUT2D eigenvalue weighted by molar-refractivity contribution is 6.04. The minimum absolute atomic E-state index is 0.0212. The first-order valence-electron chi connectivity index (χ1n) is 17.4. The number of ether oxygens (including phenoxy) is 2. The topological polar surface area (TPSA) is 52.6 Å². The average Bonchev–Trinajstić information content (AvgIpc) is 3.38. The minimum atomic E-state index is -0.397. The molecule has 9 unspecified atom stereocenters. The molecule has 0 spiro atoms. The van der Waals surface area contributed by atoms with Gasteiger partial charge < -0.3 is 9.47 Å². The number of benzene rings is 1. The molecule has 5 aliphatic rings. The molecule has 0 radical (unpaired) electrons. The predicted molar refractivity (Wildman–Crippen MR) is 177 cm³/mol. The van der Waals surface area contributed by atoms with Gasteiger partial charge in [0.2, 0.25) is 0 Å². The number of hydrogen-bond acceptors (Lipinski definition) is 4. The van der Waals surface area contributed by atoms with Crippen molar-refractivity contribution in [3.8, 4) is 5.75 Å². The van der Waals surface area contributed by atoms with E-state index in [0.29, 0.717) is 42.0 Å². The van der Waals surface area contributed by atoms with E-state index < -0.39 is 5.41 Å². The molecule has 1 aromatic carbocycles. The number of esters is 1. The third-order valence-electron chi connectivity index (χ3n) is 14.8. The Morgan fingerprint density at radius 2 is 1.64 bits per heavy atom. The largest absolute Gasteiger partial charge is 0.494 e. The highest BCUT2D eigenvalue weighted by atomic mass is 16.5. The van der Waals surface area contributed by atoms with Gasteiger partial charge in [-0.15, -0.1) is 0 Å². The van der Waals surface area contributed by atoms with Crippen LogP contribution in [-0.2, 0) is 14.3 Å². The van der Waals surface area contributed by atoms with Gasteiger partial charge in [0.25, 0.3) is 0 Å². The molecule has 44 heavy (non-hydrogen) atoms. The Balaban J connectivity index is 1.38. The van der Waals surface area contributed by atoms with E-state index in [1.807, 2.05) is 19.1 Å². The summed E-state index contributed by atoms with van der Waals surface area (Å²) in [5, 5.41) is 0. The zero-order valence-electron chi connectivity index (χ0n) is 28.7. The summed E-state index contributed by atoms with van der Waals surface area (Å²) >= 11 is 0. The molecule has 0 saturated heterocycles. The highest BCUT2D eigenvalue weighted by Crippen LogP contribution is 2.77. The van der Waals surface area contributed by atoms with Crippen LogP contribution in [0.15, 0.2) is 42.0 Å². The fourth-order valence-electron chi connectivity index (χ4n) is 12.7. The van der Waals surface area contributed by atoms with E-state index in [4.69, 9.17) is 9.47 Å². The minimum Gasteiger partial charge on any atom is -0.494 e. The molecule has 5 fully saturated rings. The van der Waals surface area contributed by atoms with Crippen molar-refractivity contribution in [2.24, 2.45) is 56.7 Å². The van der Waals surface area contributed by atoms with Crippen molar-refractivity contribution < 1.29 is 19.1 Å². The maximum atomic E-state index is 14.2. The summed E-state index contributed by atoms with van der Waals surface area (Å²) in [5.74, 6) is 3.30. The number of fused-ring (bicyclic) bond motifs is 7. The van der Waals surface area contributed by atoms with Gasteiger partial charge in [0, 0.05) is 5.41 Å². The molecule has 4 nitrogen and oxygen atoms in total. The van der Waals surface area contributed by atoms with Crippen LogP contribution < -0.4 is 4.74 Å². The highest BCUT2D eigenvalue weighted by Gasteiger charge is 2.72. The van der Waals surface area contributed by atoms with Crippen molar-refractivity contribution in [3.05, 3.63) is 47.6 Å². The Hall–Kier alpha value is -2.36. The molecule has 9 atom stereocenters. The Morgan fingerprint density at radius 1 is 0.932 bits per heavy atom. The maximum Gasteiger partial charge on any atom is 0.312 e. The molecule has 0 aliphatic heterocycles. The van der Waals surface area contributed by atoms with Crippen LogP contribution in [0.3, 0.4) is 0 Å². The van der Waals surface area contributed by atoms with Gasteiger partial charge in [-0.3, -0.25) is 9.59 Å². The van der Waals surface area contributed by atoms with Gasteiger partial charge in [-0.25, -0.2) is 0 Å². The summed E-state index contributed by atoms with van der Waals surface area (Å²) in [4.78, 5) is 27.7. The Labute approximate surface area is 266 Å². The zero-order valence-corrected chi connectivity index (χ0v) is 28.7. The summed E-state index contributed by atoms with van der Waals surface area (Å²) in [7, 11) is 1.58. The van der Waals surface area contributed by atoms with E-state index in [2.05, 4.69) is 66.3 Å². The second-order valence-corrected chi connectivity index (χ2v) is 16.7. The summed E-state index contributed by atoms with van der Waals surface area (Å²) < 4.78 is 11.2. The van der Waals surface area contributed by atoms with Gasteiger partial charge in [-0.1, -0.05) is 58.9 Å². The molecule has 5 saturated carbocycles. The second kappa shape index (κ2) is 10.6. The third kappa shape index (κ3) is 4.20. The molecular weight excluding hydrogens is 544 g/mol. The number of methoxy groups -OCH3 is 1. The van der Waals surface area contributed by atoms with Gasteiger partial charge >= 0.3 is 5.97 Å². The van der Waals surface area contributed by atoms with Crippen LogP contribution in [0, 0.1) is 56.7 Å². The van der Waals surface area contributed by atoms with Crippen molar-refractivity contribution in [1.29, 1.82) is 0 Å². The lowest BCUT2D eigenvalue weighted by atomic mass is 9.32. The molecule has 0 aromatic heterocycles. The van der Waals surface area contributed by atoms with E-state index >= 15 is 0 Å². The standard InChI is InChI=1S/C40H56O4/c1-10-44-28-13-11-26(12-14-28)23-27-24-37(6)31(36(4,5)34(27)41)18-19-39(8)32(37)16-15-30-33-29(25(2)3)17-20-40(33,35(42)43-9)22-21-38(30,39)7/h11-14,23,29-33H,2,10,15-22,24H2,1,3-9H3. The van der Waals surface area contributed by atoms with E-state index in [1.165, 1.54) is 12.0 Å². The van der Waals surface area contributed by atoms with Gasteiger partial charge in [0.15, 0.2) is 5.78 Å². The smallest absolute Gasteiger partial charge is 0.312 e.